The molecule has 0 bridgehead atoms. The summed E-state index contributed by atoms with van der Waals surface area (Å²) in [5.41, 5.74) is 7.72. The highest BCUT2D eigenvalue weighted by Crippen LogP contribution is 2.29. The van der Waals surface area contributed by atoms with Gasteiger partial charge in [-0.25, -0.2) is 0 Å². The molecule has 0 fully saturated rings. The Morgan fingerprint density at radius 1 is 1.54 bits per heavy atom. The molecule has 0 radical (unpaired) electrons. The molecule has 0 amide bonds. The predicted molar refractivity (Wildman–Crippen MR) is 58.1 cm³/mol. The van der Waals surface area contributed by atoms with Crippen molar-refractivity contribution in [3.63, 3.8) is 0 Å². The summed E-state index contributed by atoms with van der Waals surface area (Å²) in [6, 6.07) is 3.42. The topological polar surface area (TPSA) is 55.1 Å². The molecule has 0 spiro atoms. The molecule has 1 aromatic carbocycles. The number of benzene rings is 1. The summed E-state index contributed by atoms with van der Waals surface area (Å²) in [4.78, 5) is 11.1. The Kier molecular flexibility index (Phi) is 2.93. The molecule has 0 heterocycles. The lowest BCUT2D eigenvalue weighted by Crippen LogP contribution is -2.00. The molecule has 4 heteroatoms. The fraction of sp³-hybridized carbons (Fsp3) is 0.222. The van der Waals surface area contributed by atoms with Crippen molar-refractivity contribution in [3.05, 3.63) is 22.2 Å². The van der Waals surface area contributed by atoms with Gasteiger partial charge < -0.3 is 11.1 Å². The van der Waals surface area contributed by atoms with Gasteiger partial charge in [0, 0.05) is 17.1 Å². The van der Waals surface area contributed by atoms with Gasteiger partial charge in [-0.2, -0.15) is 0 Å². The van der Waals surface area contributed by atoms with Gasteiger partial charge in [0.1, 0.15) is 0 Å². The quantitative estimate of drug-likeness (QED) is 0.618. The van der Waals surface area contributed by atoms with Gasteiger partial charge in [0.05, 0.1) is 11.4 Å². The summed E-state index contributed by atoms with van der Waals surface area (Å²) >= 11 is 3.33. The van der Waals surface area contributed by atoms with Crippen molar-refractivity contribution in [2.75, 3.05) is 18.1 Å². The van der Waals surface area contributed by atoms with Gasteiger partial charge in [-0.3, -0.25) is 4.79 Å². The molecule has 1 aromatic rings. The number of hydrogen-bond donors (Lipinski definition) is 2. The molecule has 0 saturated heterocycles. The van der Waals surface area contributed by atoms with Crippen LogP contribution in [0.5, 0.6) is 0 Å². The highest BCUT2D eigenvalue weighted by molar-refractivity contribution is 9.10. The summed E-state index contributed by atoms with van der Waals surface area (Å²) in [7, 11) is 1.78. The minimum Gasteiger partial charge on any atom is -0.397 e. The van der Waals surface area contributed by atoms with E-state index in [-0.39, 0.29) is 5.78 Å². The number of halogens is 1. The van der Waals surface area contributed by atoms with Crippen LogP contribution < -0.4 is 11.1 Å². The SMILES string of the molecule is CNc1c(N)cc(C(C)=O)cc1Br. The van der Waals surface area contributed by atoms with Crippen molar-refractivity contribution in [3.8, 4) is 0 Å². The highest BCUT2D eigenvalue weighted by Gasteiger charge is 2.07. The second kappa shape index (κ2) is 3.79. The molecule has 70 valence electrons. The number of nitrogens with two attached hydrogens (primary N) is 1. The Hall–Kier alpha value is -1.03. The van der Waals surface area contributed by atoms with E-state index < -0.39 is 0 Å². The van der Waals surface area contributed by atoms with Crippen LogP contribution in [0.15, 0.2) is 16.6 Å². The Bertz CT molecular complexity index is 326. The first-order valence-corrected chi connectivity index (χ1v) is 4.63. The Labute approximate surface area is 85.4 Å². The average Bonchev–Trinajstić information content (AvgIpc) is 2.03. The standard InChI is InChI=1S/C9H11BrN2O/c1-5(13)6-3-7(10)9(12-2)8(11)4-6/h3-4,12H,11H2,1-2H3. The van der Waals surface area contributed by atoms with Crippen LogP contribution in [0.3, 0.4) is 0 Å². The van der Waals surface area contributed by atoms with E-state index in [1.807, 2.05) is 0 Å². The van der Waals surface area contributed by atoms with Crippen LogP contribution in [0.25, 0.3) is 0 Å². The number of carbonyl (C=O) groups excluding carboxylic acids is 1. The fourth-order valence-electron chi connectivity index (χ4n) is 1.09. The maximum atomic E-state index is 11.1. The molecule has 0 aliphatic rings. The van der Waals surface area contributed by atoms with E-state index in [0.29, 0.717) is 11.3 Å². The fourth-order valence-corrected chi connectivity index (χ4v) is 1.77. The monoisotopic (exact) mass is 242 g/mol. The van der Waals surface area contributed by atoms with Gasteiger partial charge in [0.15, 0.2) is 5.78 Å². The smallest absolute Gasteiger partial charge is 0.159 e. The first-order valence-electron chi connectivity index (χ1n) is 3.84. The third-order valence-corrected chi connectivity index (χ3v) is 2.40. The molecule has 0 aliphatic carbocycles. The summed E-state index contributed by atoms with van der Waals surface area (Å²) in [5, 5.41) is 2.95. The molecular weight excluding hydrogens is 232 g/mol. The van der Waals surface area contributed by atoms with Crippen molar-refractivity contribution in [2.45, 2.75) is 6.92 Å². The van der Waals surface area contributed by atoms with Crippen molar-refractivity contribution >= 4 is 33.1 Å². The number of carbonyl (C=O) groups is 1. The van der Waals surface area contributed by atoms with Crippen LogP contribution in [-0.2, 0) is 0 Å². The molecule has 3 N–H and O–H groups in total. The second-order valence-electron chi connectivity index (χ2n) is 2.73. The maximum Gasteiger partial charge on any atom is 0.159 e. The molecule has 0 saturated carbocycles. The second-order valence-corrected chi connectivity index (χ2v) is 3.58. The van der Waals surface area contributed by atoms with Gasteiger partial charge in [0.25, 0.3) is 0 Å². The predicted octanol–water partition coefficient (Wildman–Crippen LogP) is 2.28. The third kappa shape index (κ3) is 2.01. The van der Waals surface area contributed by atoms with E-state index >= 15 is 0 Å². The number of nitrogens with one attached hydrogen (secondary N) is 1. The molecule has 3 nitrogen and oxygen atoms in total. The summed E-state index contributed by atoms with van der Waals surface area (Å²) in [5.74, 6) is 0.00931. The van der Waals surface area contributed by atoms with Gasteiger partial charge in [-0.1, -0.05) is 0 Å². The van der Waals surface area contributed by atoms with Crippen LogP contribution >= 0.6 is 15.9 Å². The third-order valence-electron chi connectivity index (χ3n) is 1.78. The lowest BCUT2D eigenvalue weighted by molar-refractivity contribution is 0.101. The number of Topliss-reactive ketones (excluding diaryl/α,β-unsaturated/α-hetero) is 1. The first kappa shape index (κ1) is 10.1. The van der Waals surface area contributed by atoms with Gasteiger partial charge in [0.2, 0.25) is 0 Å². The zero-order valence-electron chi connectivity index (χ0n) is 7.52. The van der Waals surface area contributed by atoms with Crippen molar-refractivity contribution in [1.82, 2.24) is 0 Å². The maximum absolute atomic E-state index is 11.1. The molecule has 1 rings (SSSR count). The number of rotatable bonds is 2. The van der Waals surface area contributed by atoms with E-state index in [1.165, 1.54) is 6.92 Å². The molecule has 0 aromatic heterocycles. The van der Waals surface area contributed by atoms with E-state index in [2.05, 4.69) is 21.2 Å². The van der Waals surface area contributed by atoms with Crippen LogP contribution in [0, 0.1) is 0 Å². The van der Waals surface area contributed by atoms with Crippen molar-refractivity contribution < 1.29 is 4.79 Å². The van der Waals surface area contributed by atoms with Gasteiger partial charge in [-0.05, 0) is 35.0 Å². The average molecular weight is 243 g/mol. The zero-order valence-corrected chi connectivity index (χ0v) is 9.10. The molecule has 13 heavy (non-hydrogen) atoms. The lowest BCUT2D eigenvalue weighted by Gasteiger charge is -2.08. The molecule has 0 atom stereocenters. The van der Waals surface area contributed by atoms with Crippen LogP contribution in [-0.4, -0.2) is 12.8 Å². The van der Waals surface area contributed by atoms with Crippen molar-refractivity contribution in [1.29, 1.82) is 0 Å². The summed E-state index contributed by atoms with van der Waals surface area (Å²) in [6.45, 7) is 1.51. The lowest BCUT2D eigenvalue weighted by atomic mass is 10.1. The summed E-state index contributed by atoms with van der Waals surface area (Å²) in [6.07, 6.45) is 0. The molecule has 0 unspecified atom stereocenters. The Balaban J connectivity index is 3.28. The van der Waals surface area contributed by atoms with E-state index in [1.54, 1.807) is 19.2 Å². The number of hydrogen-bond acceptors (Lipinski definition) is 3. The minimum atomic E-state index is 0.00931. The van der Waals surface area contributed by atoms with Crippen LogP contribution in [0.4, 0.5) is 11.4 Å². The number of ketones is 1. The zero-order chi connectivity index (χ0) is 10.0. The first-order chi connectivity index (χ1) is 6.06. The number of nitrogen functional groups attached to an aromatic ring is 1. The molecular formula is C9H11BrN2O. The van der Waals surface area contributed by atoms with E-state index in [4.69, 9.17) is 5.73 Å². The van der Waals surface area contributed by atoms with Crippen molar-refractivity contribution in [2.24, 2.45) is 0 Å². The van der Waals surface area contributed by atoms with Gasteiger partial charge >= 0.3 is 0 Å². The van der Waals surface area contributed by atoms with Crippen LogP contribution in [0.1, 0.15) is 17.3 Å². The van der Waals surface area contributed by atoms with Gasteiger partial charge in [-0.15, -0.1) is 0 Å². The Morgan fingerprint density at radius 2 is 2.15 bits per heavy atom. The van der Waals surface area contributed by atoms with E-state index in [9.17, 15) is 4.79 Å². The highest BCUT2D eigenvalue weighted by atomic mass is 79.9. The van der Waals surface area contributed by atoms with E-state index in [0.717, 1.165) is 10.2 Å². The minimum absolute atomic E-state index is 0.00931. The normalized spacial score (nSPS) is 9.77. The largest absolute Gasteiger partial charge is 0.397 e. The molecule has 0 aliphatic heterocycles. The Morgan fingerprint density at radius 3 is 2.54 bits per heavy atom. The summed E-state index contributed by atoms with van der Waals surface area (Å²) < 4.78 is 0.806. The number of anilines is 2. The van der Waals surface area contributed by atoms with Crippen LogP contribution in [0.2, 0.25) is 0 Å².